The van der Waals surface area contributed by atoms with Gasteiger partial charge in [0, 0.05) is 23.6 Å². The summed E-state index contributed by atoms with van der Waals surface area (Å²) < 4.78 is 5.09. The summed E-state index contributed by atoms with van der Waals surface area (Å²) in [5.74, 6) is -1.59. The molecule has 0 saturated carbocycles. The van der Waals surface area contributed by atoms with Crippen molar-refractivity contribution in [3.8, 4) is 22.6 Å². The van der Waals surface area contributed by atoms with Crippen molar-refractivity contribution in [1.29, 1.82) is 0 Å². The molecular weight excluding hydrogens is 308 g/mol. The van der Waals surface area contributed by atoms with Gasteiger partial charge >= 0.3 is 5.63 Å². The van der Waals surface area contributed by atoms with E-state index in [0.29, 0.717) is 11.1 Å². The number of hydrogen-bond donors (Lipinski definition) is 2. The molecule has 0 atom stereocenters. The van der Waals surface area contributed by atoms with E-state index >= 15 is 0 Å². The van der Waals surface area contributed by atoms with Crippen molar-refractivity contribution in [3.05, 3.63) is 58.4 Å². The second kappa shape index (κ2) is 5.85. The second-order valence-electron chi connectivity index (χ2n) is 5.86. The molecule has 0 aliphatic heterocycles. The predicted molar refractivity (Wildman–Crippen MR) is 90.4 cm³/mol. The predicted octanol–water partition coefficient (Wildman–Crippen LogP) is 3.71. The molecule has 24 heavy (non-hydrogen) atoms. The monoisotopic (exact) mass is 324 g/mol. The first-order valence-corrected chi connectivity index (χ1v) is 7.52. The van der Waals surface area contributed by atoms with Crippen LogP contribution in [0.25, 0.3) is 22.1 Å². The van der Waals surface area contributed by atoms with Crippen LogP contribution in [0.15, 0.2) is 51.7 Å². The van der Waals surface area contributed by atoms with E-state index in [4.69, 9.17) is 4.42 Å². The van der Waals surface area contributed by atoms with Crippen LogP contribution in [0.5, 0.6) is 11.5 Å². The molecule has 0 spiro atoms. The molecule has 0 unspecified atom stereocenters. The van der Waals surface area contributed by atoms with Gasteiger partial charge in [-0.25, -0.2) is 4.79 Å². The SMILES string of the molecule is CC(C)C(=O)c1c(O)cc2oc(=O)cc(-c3ccccc3)c2c1O. The van der Waals surface area contributed by atoms with Crippen LogP contribution >= 0.6 is 0 Å². The van der Waals surface area contributed by atoms with E-state index in [1.165, 1.54) is 12.1 Å². The lowest BCUT2D eigenvalue weighted by atomic mass is 9.94. The van der Waals surface area contributed by atoms with Crippen LogP contribution in [0, 0.1) is 5.92 Å². The molecule has 2 N–H and O–H groups in total. The van der Waals surface area contributed by atoms with Gasteiger partial charge in [0.1, 0.15) is 22.6 Å². The first-order chi connectivity index (χ1) is 11.4. The van der Waals surface area contributed by atoms with Crippen LogP contribution in [-0.2, 0) is 0 Å². The third-order valence-corrected chi connectivity index (χ3v) is 3.84. The molecule has 0 fully saturated rings. The highest BCUT2D eigenvalue weighted by atomic mass is 16.4. The maximum Gasteiger partial charge on any atom is 0.336 e. The summed E-state index contributed by atoms with van der Waals surface area (Å²) in [5.41, 5.74) is 0.389. The number of phenols is 2. The molecule has 0 radical (unpaired) electrons. The number of carbonyl (C=O) groups is 1. The summed E-state index contributed by atoms with van der Waals surface area (Å²) in [5, 5.41) is 21.0. The lowest BCUT2D eigenvalue weighted by Gasteiger charge is -2.13. The molecule has 0 amide bonds. The summed E-state index contributed by atoms with van der Waals surface area (Å²) in [6.45, 7) is 3.35. The summed E-state index contributed by atoms with van der Waals surface area (Å²) >= 11 is 0. The van der Waals surface area contributed by atoms with Crippen LogP contribution in [-0.4, -0.2) is 16.0 Å². The van der Waals surface area contributed by atoms with Crippen molar-refractivity contribution >= 4 is 16.8 Å². The maximum absolute atomic E-state index is 12.3. The molecule has 1 aromatic heterocycles. The largest absolute Gasteiger partial charge is 0.507 e. The fourth-order valence-corrected chi connectivity index (χ4v) is 2.68. The highest BCUT2D eigenvalue weighted by molar-refractivity contribution is 6.10. The Hall–Kier alpha value is -3.08. The number of phenolic OH excluding ortho intramolecular Hbond substituents is 2. The Morgan fingerprint density at radius 3 is 2.38 bits per heavy atom. The molecule has 5 nitrogen and oxygen atoms in total. The van der Waals surface area contributed by atoms with Crippen molar-refractivity contribution < 1.29 is 19.4 Å². The van der Waals surface area contributed by atoms with E-state index < -0.39 is 23.1 Å². The Kier molecular flexibility index (Phi) is 3.85. The Morgan fingerprint density at radius 2 is 1.75 bits per heavy atom. The minimum Gasteiger partial charge on any atom is -0.507 e. The number of rotatable bonds is 3. The Balaban J connectivity index is 2.44. The van der Waals surface area contributed by atoms with E-state index in [-0.39, 0.29) is 22.3 Å². The zero-order valence-corrected chi connectivity index (χ0v) is 13.2. The molecule has 0 aliphatic carbocycles. The van der Waals surface area contributed by atoms with E-state index in [9.17, 15) is 19.8 Å². The van der Waals surface area contributed by atoms with Crippen LogP contribution in [0.1, 0.15) is 24.2 Å². The highest BCUT2D eigenvalue weighted by Gasteiger charge is 2.24. The molecule has 2 aromatic carbocycles. The van der Waals surface area contributed by atoms with Gasteiger partial charge in [0.2, 0.25) is 0 Å². The van der Waals surface area contributed by atoms with Gasteiger partial charge in [0.05, 0.1) is 5.39 Å². The van der Waals surface area contributed by atoms with Gasteiger partial charge in [-0.3, -0.25) is 4.79 Å². The molecule has 0 saturated heterocycles. The minimum atomic E-state index is -0.608. The molecule has 0 bridgehead atoms. The molecule has 1 heterocycles. The molecule has 5 heteroatoms. The van der Waals surface area contributed by atoms with Gasteiger partial charge in [0.25, 0.3) is 0 Å². The van der Waals surface area contributed by atoms with E-state index in [0.717, 1.165) is 0 Å². The van der Waals surface area contributed by atoms with Crippen molar-refractivity contribution in [2.24, 2.45) is 5.92 Å². The van der Waals surface area contributed by atoms with Gasteiger partial charge in [-0.2, -0.15) is 0 Å². The third-order valence-electron chi connectivity index (χ3n) is 3.84. The molecule has 3 rings (SSSR count). The quantitative estimate of drug-likeness (QED) is 0.566. The topological polar surface area (TPSA) is 87.7 Å². The number of benzene rings is 2. The molecular formula is C19H16O5. The van der Waals surface area contributed by atoms with Crippen molar-refractivity contribution in [2.75, 3.05) is 0 Å². The average molecular weight is 324 g/mol. The normalized spacial score (nSPS) is 11.1. The number of fused-ring (bicyclic) bond motifs is 1. The smallest absolute Gasteiger partial charge is 0.336 e. The Morgan fingerprint density at radius 1 is 1.08 bits per heavy atom. The first-order valence-electron chi connectivity index (χ1n) is 7.52. The number of ketones is 1. The number of hydrogen-bond acceptors (Lipinski definition) is 5. The Bertz CT molecular complexity index is 984. The van der Waals surface area contributed by atoms with Crippen molar-refractivity contribution in [1.82, 2.24) is 0 Å². The fraction of sp³-hybridized carbons (Fsp3) is 0.158. The third kappa shape index (κ3) is 2.54. The zero-order chi connectivity index (χ0) is 17.4. The highest BCUT2D eigenvalue weighted by Crippen LogP contribution is 2.41. The summed E-state index contributed by atoms with van der Waals surface area (Å²) in [7, 11) is 0. The van der Waals surface area contributed by atoms with Crippen LogP contribution in [0.3, 0.4) is 0 Å². The van der Waals surface area contributed by atoms with Crippen LogP contribution < -0.4 is 5.63 Å². The maximum atomic E-state index is 12.3. The van der Waals surface area contributed by atoms with Gasteiger partial charge in [-0.05, 0) is 5.56 Å². The van der Waals surface area contributed by atoms with Crippen molar-refractivity contribution in [2.45, 2.75) is 13.8 Å². The summed E-state index contributed by atoms with van der Waals surface area (Å²) in [4.78, 5) is 24.2. The molecule has 122 valence electrons. The van der Waals surface area contributed by atoms with E-state index in [1.54, 1.807) is 38.1 Å². The van der Waals surface area contributed by atoms with E-state index in [1.807, 2.05) is 6.07 Å². The van der Waals surface area contributed by atoms with Gasteiger partial charge in [-0.15, -0.1) is 0 Å². The fourth-order valence-electron chi connectivity index (χ4n) is 2.68. The van der Waals surface area contributed by atoms with Gasteiger partial charge in [-0.1, -0.05) is 44.2 Å². The lowest BCUT2D eigenvalue weighted by Crippen LogP contribution is -2.09. The second-order valence-corrected chi connectivity index (χ2v) is 5.86. The van der Waals surface area contributed by atoms with E-state index in [2.05, 4.69) is 0 Å². The molecule has 0 aliphatic rings. The Labute approximate surface area is 137 Å². The van der Waals surface area contributed by atoms with Crippen LogP contribution in [0.4, 0.5) is 0 Å². The standard InChI is InChI=1S/C19H16O5/c1-10(2)18(22)17-13(20)9-14-16(19(17)23)12(8-15(21)24-14)11-6-4-3-5-7-11/h3-10,20,23H,1-2H3. The number of carbonyl (C=O) groups excluding carboxylic acids is 1. The lowest BCUT2D eigenvalue weighted by molar-refractivity contribution is 0.0934. The first kappa shape index (κ1) is 15.8. The van der Waals surface area contributed by atoms with Gasteiger partial charge in [0.15, 0.2) is 5.78 Å². The zero-order valence-electron chi connectivity index (χ0n) is 13.2. The van der Waals surface area contributed by atoms with Gasteiger partial charge < -0.3 is 14.6 Å². The summed E-state index contributed by atoms with van der Waals surface area (Å²) in [6.07, 6.45) is 0. The summed E-state index contributed by atoms with van der Waals surface area (Å²) in [6, 6.07) is 11.4. The van der Waals surface area contributed by atoms with Crippen LogP contribution in [0.2, 0.25) is 0 Å². The number of Topliss-reactive ketones (excluding diaryl/α,β-unsaturated/α-hetero) is 1. The number of aromatic hydroxyl groups is 2. The average Bonchev–Trinajstić information content (AvgIpc) is 2.54. The molecule has 3 aromatic rings. The minimum absolute atomic E-state index is 0.0247. The van der Waals surface area contributed by atoms with Crippen molar-refractivity contribution in [3.63, 3.8) is 0 Å².